The van der Waals surface area contributed by atoms with Crippen LogP contribution in [-0.4, -0.2) is 32.1 Å². The van der Waals surface area contributed by atoms with Crippen molar-refractivity contribution < 1.29 is 33.3 Å². The topological polar surface area (TPSA) is 80.3 Å². The molecule has 0 aliphatic carbocycles. The fraction of sp³-hybridized carbons (Fsp3) is 0.429. The average Bonchev–Trinajstić information content (AvgIpc) is 2.92. The third-order valence-corrected chi connectivity index (χ3v) is 2.57. The number of carbonyl (C=O) groups is 2. The first-order valence-electron chi connectivity index (χ1n) is 6.48. The molecule has 114 valence electrons. The summed E-state index contributed by atoms with van der Waals surface area (Å²) < 4.78 is 25.0. The van der Waals surface area contributed by atoms with Gasteiger partial charge in [0, 0.05) is 0 Å². The van der Waals surface area contributed by atoms with Crippen LogP contribution in [0, 0.1) is 5.92 Å². The van der Waals surface area contributed by atoms with Crippen LogP contribution in [0.1, 0.15) is 13.8 Å². The number of hydrogen-bond acceptors (Lipinski definition) is 7. The van der Waals surface area contributed by atoms with E-state index in [-0.39, 0.29) is 37.6 Å². The summed E-state index contributed by atoms with van der Waals surface area (Å²) >= 11 is 0. The van der Waals surface area contributed by atoms with Gasteiger partial charge in [-0.2, -0.15) is 0 Å². The van der Waals surface area contributed by atoms with Gasteiger partial charge in [0.1, 0.15) is 13.2 Å². The van der Waals surface area contributed by atoms with E-state index in [1.165, 1.54) is 0 Å². The lowest BCUT2D eigenvalue weighted by atomic mass is 10.2. The molecular formula is C14H16O7. The SMILES string of the molecule is CC(C)C(=O)OCCOC(=O)Oc1cccc2c1OCO2. The predicted molar refractivity (Wildman–Crippen MR) is 70.3 cm³/mol. The second-order valence-electron chi connectivity index (χ2n) is 4.51. The molecule has 21 heavy (non-hydrogen) atoms. The summed E-state index contributed by atoms with van der Waals surface area (Å²) in [6.07, 6.45) is -0.903. The van der Waals surface area contributed by atoms with Crippen LogP contribution in [0.4, 0.5) is 4.79 Å². The fourth-order valence-electron chi connectivity index (χ4n) is 1.54. The van der Waals surface area contributed by atoms with E-state index in [1.807, 2.05) is 0 Å². The van der Waals surface area contributed by atoms with E-state index in [2.05, 4.69) is 0 Å². The Morgan fingerprint density at radius 3 is 2.71 bits per heavy atom. The molecule has 0 fully saturated rings. The second kappa shape index (κ2) is 6.83. The zero-order valence-corrected chi connectivity index (χ0v) is 11.8. The number of carbonyl (C=O) groups excluding carboxylic acids is 2. The van der Waals surface area contributed by atoms with E-state index in [0.29, 0.717) is 11.5 Å². The van der Waals surface area contributed by atoms with Gasteiger partial charge < -0.3 is 23.7 Å². The van der Waals surface area contributed by atoms with Crippen LogP contribution in [0.2, 0.25) is 0 Å². The van der Waals surface area contributed by atoms with E-state index < -0.39 is 6.16 Å². The first-order chi connectivity index (χ1) is 10.1. The van der Waals surface area contributed by atoms with E-state index in [0.717, 1.165) is 0 Å². The quantitative estimate of drug-likeness (QED) is 0.467. The Morgan fingerprint density at radius 1 is 1.19 bits per heavy atom. The molecule has 0 atom stereocenters. The highest BCUT2D eigenvalue weighted by molar-refractivity contribution is 5.71. The first-order valence-corrected chi connectivity index (χ1v) is 6.48. The van der Waals surface area contributed by atoms with Gasteiger partial charge in [0.2, 0.25) is 12.5 Å². The molecule has 1 aliphatic rings. The highest BCUT2D eigenvalue weighted by Crippen LogP contribution is 2.40. The Hall–Kier alpha value is -2.44. The molecule has 1 aromatic rings. The van der Waals surface area contributed by atoms with Crippen LogP contribution >= 0.6 is 0 Å². The van der Waals surface area contributed by atoms with E-state index in [9.17, 15) is 9.59 Å². The number of rotatable bonds is 5. The number of esters is 1. The molecule has 0 saturated carbocycles. The number of benzene rings is 1. The average molecular weight is 296 g/mol. The number of para-hydroxylation sites is 1. The van der Waals surface area contributed by atoms with Gasteiger partial charge in [0.25, 0.3) is 0 Å². The molecule has 7 heteroatoms. The van der Waals surface area contributed by atoms with Crippen LogP contribution in [0.25, 0.3) is 0 Å². The highest BCUT2D eigenvalue weighted by Gasteiger charge is 2.20. The fourth-order valence-corrected chi connectivity index (χ4v) is 1.54. The van der Waals surface area contributed by atoms with Gasteiger partial charge in [0.15, 0.2) is 11.5 Å². The third kappa shape index (κ3) is 4.01. The molecule has 2 rings (SSSR count). The van der Waals surface area contributed by atoms with Crippen molar-refractivity contribution in [2.24, 2.45) is 5.92 Å². The lowest BCUT2D eigenvalue weighted by Gasteiger charge is -2.09. The summed E-state index contributed by atoms with van der Waals surface area (Å²) in [5.74, 6) is 0.514. The second-order valence-corrected chi connectivity index (χ2v) is 4.51. The number of ether oxygens (including phenoxy) is 5. The molecule has 0 N–H and O–H groups in total. The van der Waals surface area contributed by atoms with E-state index >= 15 is 0 Å². The molecular weight excluding hydrogens is 280 g/mol. The van der Waals surface area contributed by atoms with Crippen LogP contribution < -0.4 is 14.2 Å². The maximum atomic E-state index is 11.5. The van der Waals surface area contributed by atoms with E-state index in [1.54, 1.807) is 32.0 Å². The molecule has 1 heterocycles. The Balaban J connectivity index is 1.76. The van der Waals surface area contributed by atoms with Gasteiger partial charge in [-0.05, 0) is 12.1 Å². The molecule has 0 saturated heterocycles. The van der Waals surface area contributed by atoms with Crippen LogP contribution in [0.3, 0.4) is 0 Å². The van der Waals surface area contributed by atoms with Crippen molar-refractivity contribution in [1.29, 1.82) is 0 Å². The lowest BCUT2D eigenvalue weighted by Crippen LogP contribution is -2.18. The summed E-state index contributed by atoms with van der Waals surface area (Å²) in [6.45, 7) is 3.42. The molecule has 7 nitrogen and oxygen atoms in total. The molecule has 1 aromatic carbocycles. The monoisotopic (exact) mass is 296 g/mol. The van der Waals surface area contributed by atoms with Crippen molar-refractivity contribution in [2.45, 2.75) is 13.8 Å². The molecule has 0 amide bonds. The summed E-state index contributed by atoms with van der Waals surface area (Å²) in [6, 6.07) is 4.93. The first kappa shape index (κ1) is 15.0. The van der Waals surface area contributed by atoms with Crippen molar-refractivity contribution >= 4 is 12.1 Å². The van der Waals surface area contributed by atoms with Gasteiger partial charge in [-0.3, -0.25) is 4.79 Å². The van der Waals surface area contributed by atoms with Crippen molar-refractivity contribution in [1.82, 2.24) is 0 Å². The van der Waals surface area contributed by atoms with E-state index in [4.69, 9.17) is 23.7 Å². The van der Waals surface area contributed by atoms with Gasteiger partial charge in [-0.25, -0.2) is 4.79 Å². The van der Waals surface area contributed by atoms with Gasteiger partial charge >= 0.3 is 12.1 Å². The van der Waals surface area contributed by atoms with Crippen LogP contribution in [-0.2, 0) is 14.3 Å². The van der Waals surface area contributed by atoms with Crippen LogP contribution in [0.5, 0.6) is 17.2 Å². The summed E-state index contributed by atoms with van der Waals surface area (Å²) in [5, 5.41) is 0. The zero-order valence-electron chi connectivity index (χ0n) is 11.8. The summed E-state index contributed by atoms with van der Waals surface area (Å²) in [5.41, 5.74) is 0. The van der Waals surface area contributed by atoms with Gasteiger partial charge in [0.05, 0.1) is 5.92 Å². The normalized spacial score (nSPS) is 12.1. The largest absolute Gasteiger partial charge is 0.514 e. The Morgan fingerprint density at radius 2 is 1.95 bits per heavy atom. The van der Waals surface area contributed by atoms with Crippen LogP contribution in [0.15, 0.2) is 18.2 Å². The molecule has 1 aliphatic heterocycles. The summed E-state index contributed by atoms with van der Waals surface area (Å²) in [7, 11) is 0. The summed E-state index contributed by atoms with van der Waals surface area (Å²) in [4.78, 5) is 22.7. The molecule has 0 unspecified atom stereocenters. The smallest absolute Gasteiger partial charge is 0.462 e. The highest BCUT2D eigenvalue weighted by atomic mass is 16.7. The van der Waals surface area contributed by atoms with Crippen molar-refractivity contribution in [2.75, 3.05) is 20.0 Å². The minimum atomic E-state index is -0.903. The lowest BCUT2D eigenvalue weighted by molar-refractivity contribution is -0.148. The molecule has 0 radical (unpaired) electrons. The van der Waals surface area contributed by atoms with Crippen molar-refractivity contribution in [3.63, 3.8) is 0 Å². The van der Waals surface area contributed by atoms with Crippen molar-refractivity contribution in [3.05, 3.63) is 18.2 Å². The predicted octanol–water partition coefficient (Wildman–Crippen LogP) is 2.13. The molecule has 0 aromatic heterocycles. The van der Waals surface area contributed by atoms with Gasteiger partial charge in [-0.1, -0.05) is 19.9 Å². The third-order valence-electron chi connectivity index (χ3n) is 2.57. The zero-order chi connectivity index (χ0) is 15.2. The van der Waals surface area contributed by atoms with Gasteiger partial charge in [-0.15, -0.1) is 0 Å². The molecule has 0 spiro atoms. The maximum absolute atomic E-state index is 11.5. The number of hydrogen-bond donors (Lipinski definition) is 0. The molecule has 0 bridgehead atoms. The Bertz CT molecular complexity index is 524. The minimum Gasteiger partial charge on any atom is -0.462 e. The van der Waals surface area contributed by atoms with Crippen molar-refractivity contribution in [3.8, 4) is 17.2 Å². The Labute approximate surface area is 121 Å². The Kier molecular flexibility index (Phi) is 4.86. The maximum Gasteiger partial charge on any atom is 0.514 e. The number of fused-ring (bicyclic) bond motifs is 1. The standard InChI is InChI=1S/C14H16O7/c1-9(2)13(15)17-6-7-18-14(16)21-11-5-3-4-10-12(11)20-8-19-10/h3-5,9H,6-8H2,1-2H3. The minimum absolute atomic E-state index is 0.0153.